The van der Waals surface area contributed by atoms with E-state index < -0.39 is 17.9 Å². The molecule has 1 heterocycles. The van der Waals surface area contributed by atoms with E-state index in [-0.39, 0.29) is 30.8 Å². The fourth-order valence-electron chi connectivity index (χ4n) is 4.16. The van der Waals surface area contributed by atoms with Crippen LogP contribution in [-0.2, 0) is 19.1 Å². The van der Waals surface area contributed by atoms with Gasteiger partial charge >= 0.3 is 11.9 Å². The lowest BCUT2D eigenvalue weighted by Gasteiger charge is -2.30. The normalized spacial score (nSPS) is 15.1. The molecular weight excluding hydrogens is 508 g/mol. The Morgan fingerprint density at radius 3 is 2.32 bits per heavy atom. The number of hydrogen-bond donors (Lipinski definition) is 1. The van der Waals surface area contributed by atoms with Crippen molar-refractivity contribution in [2.24, 2.45) is 0 Å². The summed E-state index contributed by atoms with van der Waals surface area (Å²) in [5.74, 6) is -0.790. The SMILES string of the molecule is COc1ccc(C=CCOC(=O)C2=C(C)NC(C)=C(C(=O)OCCC#N)C2c2cccc(Cl)c2)cc1OC. The van der Waals surface area contributed by atoms with Crippen LogP contribution in [0, 0.1) is 11.3 Å². The zero-order valence-electron chi connectivity index (χ0n) is 21.7. The van der Waals surface area contributed by atoms with Crippen LogP contribution in [-0.4, -0.2) is 39.4 Å². The first-order valence-corrected chi connectivity index (χ1v) is 12.2. The molecule has 1 unspecified atom stereocenters. The number of ether oxygens (including phenoxy) is 4. The Morgan fingerprint density at radius 1 is 1.00 bits per heavy atom. The number of methoxy groups -OCH3 is 2. The first kappa shape index (κ1) is 28.4. The van der Waals surface area contributed by atoms with Crippen LogP contribution in [0.2, 0.25) is 5.02 Å². The minimum atomic E-state index is -0.771. The highest BCUT2D eigenvalue weighted by Gasteiger charge is 2.38. The van der Waals surface area contributed by atoms with Gasteiger partial charge in [-0.25, -0.2) is 9.59 Å². The molecule has 0 aliphatic carbocycles. The summed E-state index contributed by atoms with van der Waals surface area (Å²) in [4.78, 5) is 26.4. The topological polar surface area (TPSA) is 107 Å². The number of hydrogen-bond acceptors (Lipinski definition) is 8. The lowest BCUT2D eigenvalue weighted by Crippen LogP contribution is -2.32. The maximum Gasteiger partial charge on any atom is 0.337 e. The van der Waals surface area contributed by atoms with E-state index in [0.29, 0.717) is 33.5 Å². The number of esters is 2. The molecule has 9 heteroatoms. The summed E-state index contributed by atoms with van der Waals surface area (Å²) < 4.78 is 21.5. The van der Waals surface area contributed by atoms with Crippen LogP contribution >= 0.6 is 11.6 Å². The molecule has 0 aromatic heterocycles. The molecule has 1 atom stereocenters. The second-order valence-electron chi connectivity index (χ2n) is 8.35. The lowest BCUT2D eigenvalue weighted by molar-refractivity contribution is -0.139. The van der Waals surface area contributed by atoms with Gasteiger partial charge in [-0.3, -0.25) is 0 Å². The molecule has 3 rings (SSSR count). The molecule has 1 aliphatic rings. The standard InChI is InChI=1S/C29H29ClN2O6/c1-18-25(28(33)37-14-6-8-20-11-12-23(35-3)24(16-20)36-4)27(21-9-5-10-22(30)17-21)26(19(2)32-18)29(34)38-15-7-13-31/h5-6,8-12,16-17,27,32H,7,14-15H2,1-4H3. The van der Waals surface area contributed by atoms with Gasteiger partial charge in [-0.15, -0.1) is 0 Å². The van der Waals surface area contributed by atoms with Crippen LogP contribution < -0.4 is 14.8 Å². The van der Waals surface area contributed by atoms with Crippen molar-refractivity contribution < 1.29 is 28.5 Å². The second kappa shape index (κ2) is 13.4. The van der Waals surface area contributed by atoms with Gasteiger partial charge in [0.05, 0.1) is 43.8 Å². The van der Waals surface area contributed by atoms with Crippen LogP contribution in [0.3, 0.4) is 0 Å². The molecule has 2 aromatic rings. The Labute approximate surface area is 227 Å². The van der Waals surface area contributed by atoms with Crippen molar-refractivity contribution in [3.63, 3.8) is 0 Å². The van der Waals surface area contributed by atoms with Crippen LogP contribution in [0.1, 0.15) is 37.3 Å². The number of carbonyl (C=O) groups excluding carboxylic acids is 2. The minimum absolute atomic E-state index is 0.00311. The molecule has 0 saturated carbocycles. The zero-order valence-corrected chi connectivity index (χ0v) is 22.4. The fraction of sp³-hybridized carbons (Fsp3) is 0.276. The summed E-state index contributed by atoms with van der Waals surface area (Å²) in [6.07, 6.45) is 3.56. The molecule has 0 spiro atoms. The molecule has 2 aromatic carbocycles. The van der Waals surface area contributed by atoms with Crippen molar-refractivity contribution >= 4 is 29.6 Å². The van der Waals surface area contributed by atoms with Gasteiger partial charge in [-0.2, -0.15) is 5.26 Å². The third-order valence-corrected chi connectivity index (χ3v) is 6.09. The van der Waals surface area contributed by atoms with E-state index in [4.69, 9.17) is 35.8 Å². The molecule has 198 valence electrons. The summed E-state index contributed by atoms with van der Waals surface area (Å²) in [7, 11) is 3.12. The number of benzene rings is 2. The van der Waals surface area contributed by atoms with Crippen LogP contribution in [0.15, 0.2) is 71.1 Å². The Morgan fingerprint density at radius 2 is 1.68 bits per heavy atom. The van der Waals surface area contributed by atoms with Crippen molar-refractivity contribution in [1.82, 2.24) is 5.32 Å². The van der Waals surface area contributed by atoms with Gasteiger partial charge in [0.25, 0.3) is 0 Å². The lowest BCUT2D eigenvalue weighted by atomic mass is 9.80. The highest BCUT2D eigenvalue weighted by Crippen LogP contribution is 2.40. The quantitative estimate of drug-likeness (QED) is 0.322. The van der Waals surface area contributed by atoms with E-state index in [1.165, 1.54) is 0 Å². The third kappa shape index (κ3) is 6.75. The van der Waals surface area contributed by atoms with Crippen LogP contribution in [0.5, 0.6) is 11.5 Å². The average molecular weight is 537 g/mol. The smallest absolute Gasteiger partial charge is 0.337 e. The summed E-state index contributed by atoms with van der Waals surface area (Å²) in [5, 5.41) is 12.4. The van der Waals surface area contributed by atoms with E-state index >= 15 is 0 Å². The number of nitrogens with zero attached hydrogens (tertiary/aromatic N) is 1. The largest absolute Gasteiger partial charge is 0.493 e. The number of halogens is 1. The van der Waals surface area contributed by atoms with E-state index in [1.807, 2.05) is 18.2 Å². The number of nitriles is 1. The molecule has 1 N–H and O–H groups in total. The molecule has 38 heavy (non-hydrogen) atoms. The predicted octanol–water partition coefficient (Wildman–Crippen LogP) is 5.31. The minimum Gasteiger partial charge on any atom is -0.493 e. The summed E-state index contributed by atoms with van der Waals surface area (Å²) in [6, 6.07) is 14.3. The number of dihydropyridines is 1. The molecule has 0 fully saturated rings. The van der Waals surface area contributed by atoms with Gasteiger partial charge in [-0.05, 0) is 55.3 Å². The predicted molar refractivity (Wildman–Crippen MR) is 143 cm³/mol. The van der Waals surface area contributed by atoms with Crippen molar-refractivity contribution in [2.75, 3.05) is 27.4 Å². The van der Waals surface area contributed by atoms with Gasteiger partial charge in [-0.1, -0.05) is 35.9 Å². The average Bonchev–Trinajstić information content (AvgIpc) is 2.90. The third-order valence-electron chi connectivity index (χ3n) is 5.86. The summed E-state index contributed by atoms with van der Waals surface area (Å²) in [6.45, 7) is 3.42. The van der Waals surface area contributed by atoms with Crippen LogP contribution in [0.4, 0.5) is 0 Å². The monoisotopic (exact) mass is 536 g/mol. The first-order chi connectivity index (χ1) is 18.3. The number of nitrogens with one attached hydrogen (secondary N) is 1. The van der Waals surface area contributed by atoms with Crippen LogP contribution in [0.25, 0.3) is 6.08 Å². The number of rotatable bonds is 10. The zero-order chi connectivity index (χ0) is 27.7. The Kier molecular flexibility index (Phi) is 9.97. The van der Waals surface area contributed by atoms with Crippen molar-refractivity contribution in [2.45, 2.75) is 26.2 Å². The van der Waals surface area contributed by atoms with E-state index in [9.17, 15) is 9.59 Å². The van der Waals surface area contributed by atoms with Crippen molar-refractivity contribution in [3.05, 3.63) is 87.2 Å². The maximum absolute atomic E-state index is 13.4. The molecule has 0 saturated heterocycles. The Hall–Kier alpha value is -4.22. The van der Waals surface area contributed by atoms with E-state index in [1.54, 1.807) is 70.6 Å². The van der Waals surface area contributed by atoms with Gasteiger partial charge in [0.2, 0.25) is 0 Å². The van der Waals surface area contributed by atoms with E-state index in [0.717, 1.165) is 5.56 Å². The van der Waals surface area contributed by atoms with Crippen molar-refractivity contribution in [3.8, 4) is 17.6 Å². The summed E-state index contributed by atoms with van der Waals surface area (Å²) in [5.41, 5.74) is 3.09. The number of carbonyl (C=O) groups is 2. The second-order valence-corrected chi connectivity index (χ2v) is 8.79. The van der Waals surface area contributed by atoms with Gasteiger partial charge in [0, 0.05) is 16.4 Å². The number of allylic oxidation sites excluding steroid dienone is 2. The Bertz CT molecular complexity index is 1340. The highest BCUT2D eigenvalue weighted by molar-refractivity contribution is 6.30. The molecule has 8 nitrogen and oxygen atoms in total. The molecule has 0 amide bonds. The molecule has 0 radical (unpaired) electrons. The molecule has 1 aliphatic heterocycles. The summed E-state index contributed by atoms with van der Waals surface area (Å²) >= 11 is 6.25. The molecular formula is C29H29ClN2O6. The Balaban J connectivity index is 1.85. The molecule has 0 bridgehead atoms. The van der Waals surface area contributed by atoms with Gasteiger partial charge < -0.3 is 24.3 Å². The maximum atomic E-state index is 13.4. The van der Waals surface area contributed by atoms with Gasteiger partial charge in [0.15, 0.2) is 11.5 Å². The van der Waals surface area contributed by atoms with Crippen molar-refractivity contribution in [1.29, 1.82) is 5.26 Å². The van der Waals surface area contributed by atoms with Gasteiger partial charge in [0.1, 0.15) is 13.2 Å². The highest BCUT2D eigenvalue weighted by atomic mass is 35.5. The van der Waals surface area contributed by atoms with E-state index in [2.05, 4.69) is 5.32 Å². The fourth-order valence-corrected chi connectivity index (χ4v) is 4.36. The first-order valence-electron chi connectivity index (χ1n) is 11.8.